The van der Waals surface area contributed by atoms with E-state index in [4.69, 9.17) is 10.5 Å². The Morgan fingerprint density at radius 3 is 2.23 bits per heavy atom. The van der Waals surface area contributed by atoms with Gasteiger partial charge in [-0.2, -0.15) is 0 Å². The second kappa shape index (κ2) is 14.5. The van der Waals surface area contributed by atoms with Gasteiger partial charge in [0.05, 0.1) is 0 Å². The van der Waals surface area contributed by atoms with Crippen LogP contribution >= 0.6 is 0 Å². The van der Waals surface area contributed by atoms with Crippen molar-refractivity contribution in [3.8, 4) is 0 Å². The number of aryl methyl sites for hydroxylation is 2. The van der Waals surface area contributed by atoms with Crippen LogP contribution in [0.3, 0.4) is 0 Å². The highest BCUT2D eigenvalue weighted by atomic mass is 16.6. The molecule has 1 aliphatic rings. The van der Waals surface area contributed by atoms with Crippen molar-refractivity contribution in [2.75, 3.05) is 25.5 Å². The summed E-state index contributed by atoms with van der Waals surface area (Å²) < 4.78 is 5.40. The number of fused-ring (bicyclic) bond motifs is 1. The number of hydrogen-bond acceptors (Lipinski definition) is 4. The zero-order valence-corrected chi connectivity index (χ0v) is 24.8. The number of ether oxygens (including phenoxy) is 1. The summed E-state index contributed by atoms with van der Waals surface area (Å²) in [6.45, 7) is 9.02. The van der Waals surface area contributed by atoms with Crippen molar-refractivity contribution in [2.24, 2.45) is 11.7 Å². The lowest BCUT2D eigenvalue weighted by atomic mass is 9.81. The van der Waals surface area contributed by atoms with Gasteiger partial charge in [0.15, 0.2) is 0 Å². The normalized spacial score (nSPS) is 13.9. The molecule has 0 heterocycles. The summed E-state index contributed by atoms with van der Waals surface area (Å²) >= 11 is 0. The molecular weight excluding hydrogens is 486 g/mol. The molecule has 0 spiro atoms. The molecule has 0 aromatic heterocycles. The minimum Gasteiger partial charge on any atom is -0.444 e. The van der Waals surface area contributed by atoms with Crippen molar-refractivity contribution in [3.63, 3.8) is 0 Å². The van der Waals surface area contributed by atoms with E-state index in [1.54, 1.807) is 11.9 Å². The van der Waals surface area contributed by atoms with Gasteiger partial charge in [-0.15, -0.1) is 0 Å². The van der Waals surface area contributed by atoms with E-state index in [0.29, 0.717) is 6.54 Å². The van der Waals surface area contributed by atoms with Crippen LogP contribution in [-0.2, 0) is 41.6 Å². The van der Waals surface area contributed by atoms with Crippen molar-refractivity contribution in [2.45, 2.75) is 97.5 Å². The smallest absolute Gasteiger partial charge is 0.410 e. The standard InChI is InChI=1S/C33H49N3O3/c1-24(23-27-18-17-26(12-8-9-21-34)29-13-6-7-14-30(27)29)31(37)35-28-19-15-25(16-20-28)11-10-22-36(5)32(38)39-33(2,3)4/h15-20,24H,6-14,21-23,34H2,1-5H3,(H,35,37)/t24-/m0/s1. The van der Waals surface area contributed by atoms with Gasteiger partial charge in [0.25, 0.3) is 0 Å². The van der Waals surface area contributed by atoms with Crippen LogP contribution in [0.2, 0.25) is 0 Å². The highest BCUT2D eigenvalue weighted by molar-refractivity contribution is 5.92. The number of benzene rings is 2. The predicted octanol–water partition coefficient (Wildman–Crippen LogP) is 6.46. The first-order chi connectivity index (χ1) is 18.6. The van der Waals surface area contributed by atoms with Crippen LogP contribution in [0, 0.1) is 5.92 Å². The van der Waals surface area contributed by atoms with Crippen LogP contribution in [0.5, 0.6) is 0 Å². The summed E-state index contributed by atoms with van der Waals surface area (Å²) in [5.41, 5.74) is 13.1. The second-order valence-electron chi connectivity index (χ2n) is 12.1. The molecule has 39 heavy (non-hydrogen) atoms. The third kappa shape index (κ3) is 9.68. The first-order valence-corrected chi connectivity index (χ1v) is 14.7. The molecule has 2 aromatic carbocycles. The molecule has 0 fully saturated rings. The Bertz CT molecular complexity index is 1090. The molecule has 0 saturated carbocycles. The molecule has 1 aliphatic carbocycles. The number of nitrogens with one attached hydrogen (secondary N) is 1. The summed E-state index contributed by atoms with van der Waals surface area (Å²) in [5.74, 6) is -0.0551. The van der Waals surface area contributed by atoms with E-state index in [-0.39, 0.29) is 17.9 Å². The van der Waals surface area contributed by atoms with E-state index in [9.17, 15) is 9.59 Å². The molecule has 6 heteroatoms. The number of unbranched alkanes of at least 4 members (excludes halogenated alkanes) is 1. The summed E-state index contributed by atoms with van der Waals surface area (Å²) in [6.07, 6.45) is 10.2. The molecule has 0 unspecified atom stereocenters. The van der Waals surface area contributed by atoms with Crippen molar-refractivity contribution in [1.29, 1.82) is 0 Å². The lowest BCUT2D eigenvalue weighted by molar-refractivity contribution is -0.119. The van der Waals surface area contributed by atoms with Gasteiger partial charge in [-0.05, 0) is 131 Å². The largest absolute Gasteiger partial charge is 0.444 e. The summed E-state index contributed by atoms with van der Waals surface area (Å²) in [6, 6.07) is 12.6. The number of carbonyl (C=O) groups excluding carboxylic acids is 2. The van der Waals surface area contributed by atoms with E-state index in [2.05, 4.69) is 17.4 Å². The van der Waals surface area contributed by atoms with Crippen LogP contribution < -0.4 is 11.1 Å². The van der Waals surface area contributed by atoms with Crippen LogP contribution in [0.1, 0.15) is 87.6 Å². The van der Waals surface area contributed by atoms with Crippen LogP contribution in [0.15, 0.2) is 36.4 Å². The zero-order chi connectivity index (χ0) is 28.4. The van der Waals surface area contributed by atoms with Gasteiger partial charge in [-0.3, -0.25) is 4.79 Å². The molecule has 2 aromatic rings. The molecule has 2 amide bonds. The quantitative estimate of drug-likeness (QED) is 0.305. The summed E-state index contributed by atoms with van der Waals surface area (Å²) in [7, 11) is 1.77. The van der Waals surface area contributed by atoms with Gasteiger partial charge in [-0.25, -0.2) is 4.79 Å². The average molecular weight is 536 g/mol. The Hall–Kier alpha value is -2.86. The highest BCUT2D eigenvalue weighted by Crippen LogP contribution is 2.30. The Balaban J connectivity index is 1.50. The molecular formula is C33H49N3O3. The number of carbonyl (C=O) groups is 2. The third-order valence-corrected chi connectivity index (χ3v) is 7.49. The van der Waals surface area contributed by atoms with Crippen molar-refractivity contribution in [3.05, 3.63) is 64.2 Å². The van der Waals surface area contributed by atoms with E-state index in [0.717, 1.165) is 63.6 Å². The first kappa shape index (κ1) is 30.7. The van der Waals surface area contributed by atoms with Gasteiger partial charge in [0.1, 0.15) is 5.60 Å². The lowest BCUT2D eigenvalue weighted by Crippen LogP contribution is -2.34. The Morgan fingerprint density at radius 2 is 1.59 bits per heavy atom. The maximum absolute atomic E-state index is 13.0. The molecule has 0 radical (unpaired) electrons. The Labute approximate surface area is 235 Å². The van der Waals surface area contributed by atoms with Crippen LogP contribution in [-0.4, -0.2) is 42.6 Å². The summed E-state index contributed by atoms with van der Waals surface area (Å²) in [5, 5.41) is 3.11. The predicted molar refractivity (Wildman–Crippen MR) is 160 cm³/mol. The fourth-order valence-electron chi connectivity index (χ4n) is 5.30. The fraction of sp³-hybridized carbons (Fsp3) is 0.576. The van der Waals surface area contributed by atoms with Gasteiger partial charge < -0.3 is 20.7 Å². The zero-order valence-electron chi connectivity index (χ0n) is 24.8. The molecule has 1 atom stereocenters. The van der Waals surface area contributed by atoms with Crippen molar-refractivity contribution >= 4 is 17.7 Å². The van der Waals surface area contributed by atoms with Crippen LogP contribution in [0.25, 0.3) is 0 Å². The highest BCUT2D eigenvalue weighted by Gasteiger charge is 2.21. The maximum atomic E-state index is 13.0. The topological polar surface area (TPSA) is 84.7 Å². The van der Waals surface area contributed by atoms with Crippen LogP contribution in [0.4, 0.5) is 10.5 Å². The Kier molecular flexibility index (Phi) is 11.4. The molecule has 214 valence electrons. The molecule has 6 nitrogen and oxygen atoms in total. The SMILES string of the molecule is C[C@@H](Cc1ccc(CCCCN)c2c1CCCC2)C(=O)Nc1ccc(CCCN(C)C(=O)OC(C)(C)C)cc1. The fourth-order valence-corrected chi connectivity index (χ4v) is 5.30. The first-order valence-electron chi connectivity index (χ1n) is 14.7. The van der Waals surface area contributed by atoms with Crippen molar-refractivity contribution < 1.29 is 14.3 Å². The molecule has 0 saturated heterocycles. The maximum Gasteiger partial charge on any atom is 0.410 e. The van der Waals surface area contributed by atoms with Crippen molar-refractivity contribution in [1.82, 2.24) is 4.90 Å². The number of hydrogen-bond donors (Lipinski definition) is 2. The average Bonchev–Trinajstić information content (AvgIpc) is 2.89. The third-order valence-electron chi connectivity index (χ3n) is 7.49. The molecule has 3 N–H and O–H groups in total. The van der Waals surface area contributed by atoms with E-state index in [1.807, 2.05) is 52.0 Å². The minimum atomic E-state index is -0.489. The van der Waals surface area contributed by atoms with E-state index >= 15 is 0 Å². The number of nitrogens with zero attached hydrogens (tertiary/aromatic N) is 1. The van der Waals surface area contributed by atoms with Gasteiger partial charge in [0.2, 0.25) is 5.91 Å². The van der Waals surface area contributed by atoms with Gasteiger partial charge >= 0.3 is 6.09 Å². The lowest BCUT2D eigenvalue weighted by Gasteiger charge is -2.24. The number of amides is 2. The molecule has 3 rings (SSSR count). The summed E-state index contributed by atoms with van der Waals surface area (Å²) in [4.78, 5) is 26.8. The number of rotatable bonds is 12. The number of nitrogens with two attached hydrogens (primary N) is 1. The number of anilines is 1. The van der Waals surface area contributed by atoms with E-state index < -0.39 is 5.60 Å². The minimum absolute atomic E-state index is 0.0540. The monoisotopic (exact) mass is 535 g/mol. The Morgan fingerprint density at radius 1 is 0.949 bits per heavy atom. The second-order valence-corrected chi connectivity index (χ2v) is 12.1. The van der Waals surface area contributed by atoms with Gasteiger partial charge in [0, 0.05) is 25.2 Å². The molecule has 0 aliphatic heterocycles. The molecule has 0 bridgehead atoms. The van der Waals surface area contributed by atoms with Gasteiger partial charge in [-0.1, -0.05) is 31.2 Å². The van der Waals surface area contributed by atoms with E-state index in [1.165, 1.54) is 40.7 Å².